The Balaban J connectivity index is 2.03. The van der Waals surface area contributed by atoms with Crippen molar-refractivity contribution in [2.45, 2.75) is 13.2 Å². The van der Waals surface area contributed by atoms with Crippen molar-refractivity contribution in [2.75, 3.05) is 0 Å². The van der Waals surface area contributed by atoms with Crippen molar-refractivity contribution in [2.24, 2.45) is 0 Å². The van der Waals surface area contributed by atoms with Crippen molar-refractivity contribution < 1.29 is 24.5 Å². The molecule has 0 unspecified atom stereocenters. The Labute approximate surface area is 149 Å². The Morgan fingerprint density at radius 3 is 2.50 bits per heavy atom. The number of hydrogen-bond acceptors (Lipinski definition) is 3. The van der Waals surface area contributed by atoms with Crippen molar-refractivity contribution in [3.63, 3.8) is 0 Å². The summed E-state index contributed by atoms with van der Waals surface area (Å²) in [6, 6.07) is 15.0. The van der Waals surface area contributed by atoms with Crippen LogP contribution in [0.2, 0.25) is 0 Å². The number of ether oxygens (including phenoxy) is 1. The van der Waals surface area contributed by atoms with Crippen LogP contribution in [0, 0.1) is 0 Å². The highest BCUT2D eigenvalue weighted by Crippen LogP contribution is 2.32. The first-order chi connectivity index (χ1) is 12.5. The lowest BCUT2D eigenvalue weighted by atomic mass is 10.1. The summed E-state index contributed by atoms with van der Waals surface area (Å²) in [5.74, 6) is -1.49. The SMILES string of the molecule is O=C(O)/C=C/c1cn(CC(=O)O)c2cccc(OCc3ccccc3)c12. The van der Waals surface area contributed by atoms with Crippen LogP contribution in [0.1, 0.15) is 11.1 Å². The number of benzene rings is 2. The lowest BCUT2D eigenvalue weighted by molar-refractivity contribution is -0.137. The van der Waals surface area contributed by atoms with Gasteiger partial charge < -0.3 is 19.5 Å². The lowest BCUT2D eigenvalue weighted by Crippen LogP contribution is -2.07. The van der Waals surface area contributed by atoms with Crippen molar-refractivity contribution in [3.05, 3.63) is 71.9 Å². The molecule has 0 aliphatic rings. The Kier molecular flexibility index (Phi) is 5.03. The quantitative estimate of drug-likeness (QED) is 0.637. The molecular weight excluding hydrogens is 334 g/mol. The number of carboxylic acid groups (broad SMARTS) is 2. The van der Waals surface area contributed by atoms with E-state index in [-0.39, 0.29) is 6.54 Å². The number of aromatic nitrogens is 1. The highest BCUT2D eigenvalue weighted by atomic mass is 16.5. The fourth-order valence-corrected chi connectivity index (χ4v) is 2.77. The average Bonchev–Trinajstić information content (AvgIpc) is 2.97. The highest BCUT2D eigenvalue weighted by molar-refractivity contribution is 5.97. The third-order valence-electron chi connectivity index (χ3n) is 3.85. The minimum Gasteiger partial charge on any atom is -0.488 e. The summed E-state index contributed by atoms with van der Waals surface area (Å²) in [7, 11) is 0. The molecule has 3 rings (SSSR count). The van der Waals surface area contributed by atoms with Gasteiger partial charge in [-0.15, -0.1) is 0 Å². The van der Waals surface area contributed by atoms with Gasteiger partial charge in [-0.25, -0.2) is 4.79 Å². The number of aliphatic carboxylic acids is 2. The van der Waals surface area contributed by atoms with Gasteiger partial charge in [-0.1, -0.05) is 36.4 Å². The molecule has 0 fully saturated rings. The van der Waals surface area contributed by atoms with Crippen molar-refractivity contribution in [1.29, 1.82) is 0 Å². The van der Waals surface area contributed by atoms with Gasteiger partial charge in [-0.3, -0.25) is 4.79 Å². The predicted molar refractivity (Wildman–Crippen MR) is 97.0 cm³/mol. The van der Waals surface area contributed by atoms with Crippen LogP contribution in [0.3, 0.4) is 0 Å². The van der Waals surface area contributed by atoms with Crippen LogP contribution in [0.4, 0.5) is 0 Å². The zero-order chi connectivity index (χ0) is 18.5. The first-order valence-corrected chi connectivity index (χ1v) is 7.96. The van der Waals surface area contributed by atoms with Gasteiger partial charge in [0, 0.05) is 23.2 Å². The summed E-state index contributed by atoms with van der Waals surface area (Å²) in [4.78, 5) is 22.0. The zero-order valence-corrected chi connectivity index (χ0v) is 13.8. The smallest absolute Gasteiger partial charge is 0.328 e. The largest absolute Gasteiger partial charge is 0.488 e. The second kappa shape index (κ2) is 7.57. The van der Waals surface area contributed by atoms with Crippen LogP contribution in [-0.2, 0) is 22.7 Å². The van der Waals surface area contributed by atoms with E-state index in [0.717, 1.165) is 11.6 Å². The Morgan fingerprint density at radius 2 is 1.81 bits per heavy atom. The van der Waals surface area contributed by atoms with E-state index in [4.69, 9.17) is 14.9 Å². The molecule has 0 spiro atoms. The van der Waals surface area contributed by atoms with E-state index in [1.165, 1.54) is 6.08 Å². The summed E-state index contributed by atoms with van der Waals surface area (Å²) in [5, 5.41) is 18.7. The van der Waals surface area contributed by atoms with Crippen molar-refractivity contribution in [3.8, 4) is 5.75 Å². The van der Waals surface area contributed by atoms with Gasteiger partial charge in [-0.05, 0) is 23.8 Å². The number of fused-ring (bicyclic) bond motifs is 1. The van der Waals surface area contributed by atoms with Crippen LogP contribution in [0.5, 0.6) is 5.75 Å². The molecule has 26 heavy (non-hydrogen) atoms. The fourth-order valence-electron chi connectivity index (χ4n) is 2.77. The molecule has 6 heteroatoms. The number of carbonyl (C=O) groups is 2. The molecule has 0 radical (unpaired) electrons. The Bertz CT molecular complexity index is 973. The molecule has 0 amide bonds. The van der Waals surface area contributed by atoms with Crippen LogP contribution >= 0.6 is 0 Å². The second-order valence-electron chi connectivity index (χ2n) is 5.70. The van der Waals surface area contributed by atoms with Crippen molar-refractivity contribution in [1.82, 2.24) is 4.57 Å². The van der Waals surface area contributed by atoms with Gasteiger partial charge in [0.15, 0.2) is 0 Å². The summed E-state index contributed by atoms with van der Waals surface area (Å²) >= 11 is 0. The third-order valence-corrected chi connectivity index (χ3v) is 3.85. The second-order valence-corrected chi connectivity index (χ2v) is 5.70. The zero-order valence-electron chi connectivity index (χ0n) is 13.8. The maximum absolute atomic E-state index is 11.1. The monoisotopic (exact) mass is 351 g/mol. The molecule has 132 valence electrons. The molecule has 6 nitrogen and oxygen atoms in total. The molecule has 2 N–H and O–H groups in total. The molecule has 0 bridgehead atoms. The van der Waals surface area contributed by atoms with Gasteiger partial charge in [-0.2, -0.15) is 0 Å². The summed E-state index contributed by atoms with van der Waals surface area (Å²) in [6.07, 6.45) is 4.08. The van der Waals surface area contributed by atoms with Gasteiger partial charge >= 0.3 is 11.9 Å². The molecule has 0 aliphatic heterocycles. The highest BCUT2D eigenvalue weighted by Gasteiger charge is 2.14. The summed E-state index contributed by atoms with van der Waals surface area (Å²) in [5.41, 5.74) is 2.26. The predicted octanol–water partition coefficient (Wildman–Crippen LogP) is 3.40. The van der Waals surface area contributed by atoms with E-state index in [1.54, 1.807) is 29.0 Å². The fraction of sp³-hybridized carbons (Fsp3) is 0.100. The van der Waals surface area contributed by atoms with Gasteiger partial charge in [0.05, 0.1) is 5.52 Å². The lowest BCUT2D eigenvalue weighted by Gasteiger charge is -2.09. The minimum atomic E-state index is -1.08. The molecule has 2 aromatic carbocycles. The molecular formula is C20H17NO5. The van der Waals surface area contributed by atoms with E-state index < -0.39 is 11.9 Å². The first kappa shape index (κ1) is 17.3. The van der Waals surface area contributed by atoms with Gasteiger partial charge in [0.2, 0.25) is 0 Å². The maximum atomic E-state index is 11.1. The molecule has 1 heterocycles. The third kappa shape index (κ3) is 3.92. The molecule has 1 aromatic heterocycles. The minimum absolute atomic E-state index is 0.223. The van der Waals surface area contributed by atoms with E-state index in [2.05, 4.69) is 0 Å². The molecule has 3 aromatic rings. The Morgan fingerprint density at radius 1 is 1.04 bits per heavy atom. The Hall–Kier alpha value is -3.54. The van der Waals surface area contributed by atoms with Crippen LogP contribution in [0.15, 0.2) is 60.8 Å². The first-order valence-electron chi connectivity index (χ1n) is 7.96. The number of rotatable bonds is 7. The standard InChI is InChI=1S/C20H17NO5/c22-18(23)10-9-15-11-21(12-19(24)25)16-7-4-8-17(20(15)16)26-13-14-5-2-1-3-6-14/h1-11H,12-13H2,(H,22,23)(H,24,25)/b10-9+. The van der Waals surface area contributed by atoms with Crippen LogP contribution < -0.4 is 4.74 Å². The molecule has 0 atom stereocenters. The molecule has 0 saturated carbocycles. The van der Waals surface area contributed by atoms with E-state index in [0.29, 0.717) is 28.8 Å². The van der Waals surface area contributed by atoms with Crippen LogP contribution in [0.25, 0.3) is 17.0 Å². The topological polar surface area (TPSA) is 88.8 Å². The number of carboxylic acids is 2. The normalized spacial score (nSPS) is 11.1. The number of nitrogens with zero attached hydrogens (tertiary/aromatic N) is 1. The van der Waals surface area contributed by atoms with Crippen molar-refractivity contribution >= 4 is 28.9 Å². The summed E-state index contributed by atoms with van der Waals surface area (Å²) < 4.78 is 7.49. The average molecular weight is 351 g/mol. The maximum Gasteiger partial charge on any atom is 0.328 e. The van der Waals surface area contributed by atoms with E-state index in [9.17, 15) is 9.59 Å². The van der Waals surface area contributed by atoms with Gasteiger partial charge in [0.1, 0.15) is 18.9 Å². The van der Waals surface area contributed by atoms with E-state index >= 15 is 0 Å². The molecule has 0 saturated heterocycles. The van der Waals surface area contributed by atoms with Crippen LogP contribution in [-0.4, -0.2) is 26.7 Å². The molecule has 0 aliphatic carbocycles. The summed E-state index contributed by atoms with van der Waals surface area (Å²) in [6.45, 7) is 0.131. The van der Waals surface area contributed by atoms with Gasteiger partial charge in [0.25, 0.3) is 0 Å². The van der Waals surface area contributed by atoms with E-state index in [1.807, 2.05) is 30.3 Å². The number of hydrogen-bond donors (Lipinski definition) is 2.